The molecule has 2 unspecified atom stereocenters. The van der Waals surface area contributed by atoms with Crippen LogP contribution in [0.1, 0.15) is 42.0 Å². The van der Waals surface area contributed by atoms with E-state index in [1.165, 1.54) is 22.3 Å². The quantitative estimate of drug-likeness (QED) is 0.781. The molecule has 1 N–H and O–H groups in total. The summed E-state index contributed by atoms with van der Waals surface area (Å²) in [6.07, 6.45) is 0. The summed E-state index contributed by atoms with van der Waals surface area (Å²) >= 11 is 0. The third-order valence-corrected chi connectivity index (χ3v) is 3.90. The highest BCUT2D eigenvalue weighted by molar-refractivity contribution is 5.38. The van der Waals surface area contributed by atoms with Crippen molar-refractivity contribution in [2.75, 3.05) is 20.3 Å². The normalized spacial score (nSPS) is 14.6. The van der Waals surface area contributed by atoms with E-state index in [0.29, 0.717) is 12.0 Å². The van der Waals surface area contributed by atoms with Crippen molar-refractivity contribution in [3.8, 4) is 0 Å². The van der Waals surface area contributed by atoms with E-state index < -0.39 is 0 Å². The SMILES string of the molecule is COCCNC(C)C(C)c1cc(C)c(C)cc1C. The highest BCUT2D eigenvalue weighted by Crippen LogP contribution is 2.25. The maximum absolute atomic E-state index is 5.07. The van der Waals surface area contributed by atoms with Crippen LogP contribution in [0.3, 0.4) is 0 Å². The van der Waals surface area contributed by atoms with Crippen molar-refractivity contribution in [1.29, 1.82) is 0 Å². The minimum atomic E-state index is 0.459. The number of aryl methyl sites for hydroxylation is 3. The third kappa shape index (κ3) is 3.82. The second-order valence-corrected chi connectivity index (χ2v) is 5.32. The molecule has 102 valence electrons. The Hall–Kier alpha value is -0.860. The van der Waals surface area contributed by atoms with Crippen molar-refractivity contribution in [1.82, 2.24) is 5.32 Å². The number of nitrogens with one attached hydrogen (secondary N) is 1. The van der Waals surface area contributed by atoms with E-state index in [0.717, 1.165) is 13.2 Å². The summed E-state index contributed by atoms with van der Waals surface area (Å²) in [5, 5.41) is 3.52. The molecule has 0 spiro atoms. The van der Waals surface area contributed by atoms with Crippen molar-refractivity contribution in [3.63, 3.8) is 0 Å². The van der Waals surface area contributed by atoms with Crippen LogP contribution in [0.5, 0.6) is 0 Å². The monoisotopic (exact) mass is 249 g/mol. The molecule has 0 aliphatic carbocycles. The zero-order chi connectivity index (χ0) is 13.7. The van der Waals surface area contributed by atoms with Gasteiger partial charge in [-0.3, -0.25) is 0 Å². The maximum atomic E-state index is 5.07. The molecule has 18 heavy (non-hydrogen) atoms. The van der Waals surface area contributed by atoms with Gasteiger partial charge in [0, 0.05) is 19.7 Å². The Morgan fingerprint density at radius 2 is 1.67 bits per heavy atom. The predicted octanol–water partition coefficient (Wildman–Crippen LogP) is 3.34. The molecule has 0 saturated carbocycles. The molecule has 1 aromatic carbocycles. The Morgan fingerprint density at radius 3 is 2.28 bits per heavy atom. The predicted molar refractivity (Wildman–Crippen MR) is 78.4 cm³/mol. The molecule has 0 fully saturated rings. The molecule has 2 nitrogen and oxygen atoms in total. The summed E-state index contributed by atoms with van der Waals surface area (Å²) in [5.74, 6) is 0.515. The van der Waals surface area contributed by atoms with Crippen LogP contribution >= 0.6 is 0 Å². The lowest BCUT2D eigenvalue weighted by Gasteiger charge is -2.24. The lowest BCUT2D eigenvalue weighted by atomic mass is 9.88. The van der Waals surface area contributed by atoms with E-state index in [4.69, 9.17) is 4.74 Å². The van der Waals surface area contributed by atoms with Gasteiger partial charge in [0.1, 0.15) is 0 Å². The highest BCUT2D eigenvalue weighted by Gasteiger charge is 2.16. The van der Waals surface area contributed by atoms with Crippen molar-refractivity contribution in [2.24, 2.45) is 0 Å². The number of rotatable bonds is 6. The Labute approximate surface area is 112 Å². The molecule has 2 atom stereocenters. The van der Waals surface area contributed by atoms with Crippen molar-refractivity contribution in [2.45, 2.75) is 46.6 Å². The fourth-order valence-electron chi connectivity index (χ4n) is 2.31. The van der Waals surface area contributed by atoms with Crippen molar-refractivity contribution >= 4 is 0 Å². The molecule has 0 radical (unpaired) electrons. The fourth-order valence-corrected chi connectivity index (χ4v) is 2.31. The topological polar surface area (TPSA) is 21.3 Å². The van der Waals surface area contributed by atoms with E-state index in [2.05, 4.69) is 52.1 Å². The van der Waals surface area contributed by atoms with Gasteiger partial charge in [-0.2, -0.15) is 0 Å². The van der Waals surface area contributed by atoms with Gasteiger partial charge in [-0.15, -0.1) is 0 Å². The lowest BCUT2D eigenvalue weighted by Crippen LogP contribution is -2.33. The van der Waals surface area contributed by atoms with E-state index in [9.17, 15) is 0 Å². The second kappa shape index (κ2) is 6.91. The molecule has 0 aliphatic rings. The Kier molecular flexibility index (Phi) is 5.83. The van der Waals surface area contributed by atoms with Gasteiger partial charge in [-0.05, 0) is 55.9 Å². The first kappa shape index (κ1) is 15.2. The zero-order valence-corrected chi connectivity index (χ0v) is 12.6. The average Bonchev–Trinajstić information content (AvgIpc) is 2.33. The largest absolute Gasteiger partial charge is 0.383 e. The van der Waals surface area contributed by atoms with Crippen LogP contribution in [-0.4, -0.2) is 26.3 Å². The van der Waals surface area contributed by atoms with Crippen molar-refractivity contribution in [3.05, 3.63) is 34.4 Å². The summed E-state index contributed by atoms with van der Waals surface area (Å²) in [7, 11) is 1.74. The molecule has 0 bridgehead atoms. The zero-order valence-electron chi connectivity index (χ0n) is 12.6. The molecule has 1 aromatic rings. The van der Waals surface area contributed by atoms with E-state index in [-0.39, 0.29) is 0 Å². The van der Waals surface area contributed by atoms with Gasteiger partial charge in [0.15, 0.2) is 0 Å². The van der Waals surface area contributed by atoms with Crippen LogP contribution in [0.4, 0.5) is 0 Å². The van der Waals surface area contributed by atoms with Crippen LogP contribution < -0.4 is 5.32 Å². The smallest absolute Gasteiger partial charge is 0.0587 e. The number of methoxy groups -OCH3 is 1. The summed E-state index contributed by atoms with van der Waals surface area (Å²) in [6.45, 7) is 12.8. The summed E-state index contributed by atoms with van der Waals surface area (Å²) in [5.41, 5.74) is 5.61. The maximum Gasteiger partial charge on any atom is 0.0587 e. The minimum Gasteiger partial charge on any atom is -0.383 e. The van der Waals surface area contributed by atoms with Crippen LogP contribution in [0.2, 0.25) is 0 Å². The first-order valence-electron chi connectivity index (χ1n) is 6.77. The molecular formula is C16H27NO. The van der Waals surface area contributed by atoms with E-state index in [1.807, 2.05) is 0 Å². The molecule has 0 heterocycles. The molecule has 0 aromatic heterocycles. The Morgan fingerprint density at radius 1 is 1.06 bits per heavy atom. The summed E-state index contributed by atoms with van der Waals surface area (Å²) < 4.78 is 5.07. The molecule has 0 aliphatic heterocycles. The number of hydrogen-bond donors (Lipinski definition) is 1. The lowest BCUT2D eigenvalue weighted by molar-refractivity contribution is 0.195. The highest BCUT2D eigenvalue weighted by atomic mass is 16.5. The van der Waals surface area contributed by atoms with Gasteiger partial charge >= 0.3 is 0 Å². The van der Waals surface area contributed by atoms with E-state index >= 15 is 0 Å². The third-order valence-electron chi connectivity index (χ3n) is 3.90. The second-order valence-electron chi connectivity index (χ2n) is 5.32. The van der Waals surface area contributed by atoms with Crippen LogP contribution in [0.25, 0.3) is 0 Å². The standard InChI is InChI=1S/C16H27NO/c1-11-9-13(3)16(10-12(11)2)14(4)15(5)17-7-8-18-6/h9-10,14-15,17H,7-8H2,1-6H3. The Bertz CT molecular complexity index is 387. The number of hydrogen-bond acceptors (Lipinski definition) is 2. The minimum absolute atomic E-state index is 0.459. The summed E-state index contributed by atoms with van der Waals surface area (Å²) in [6, 6.07) is 5.09. The van der Waals surface area contributed by atoms with Gasteiger partial charge < -0.3 is 10.1 Å². The van der Waals surface area contributed by atoms with Gasteiger partial charge in [0.05, 0.1) is 6.61 Å². The van der Waals surface area contributed by atoms with Gasteiger partial charge in [-0.25, -0.2) is 0 Å². The average molecular weight is 249 g/mol. The summed E-state index contributed by atoms with van der Waals surface area (Å²) in [4.78, 5) is 0. The molecule has 2 heteroatoms. The molecule has 1 rings (SSSR count). The first-order valence-corrected chi connectivity index (χ1v) is 6.77. The molecule has 0 saturated heterocycles. The fraction of sp³-hybridized carbons (Fsp3) is 0.625. The van der Waals surface area contributed by atoms with Crippen LogP contribution in [0, 0.1) is 20.8 Å². The van der Waals surface area contributed by atoms with Crippen LogP contribution in [0.15, 0.2) is 12.1 Å². The van der Waals surface area contributed by atoms with Crippen LogP contribution in [-0.2, 0) is 4.74 Å². The van der Waals surface area contributed by atoms with Gasteiger partial charge in [0.2, 0.25) is 0 Å². The van der Waals surface area contributed by atoms with Gasteiger partial charge in [-0.1, -0.05) is 19.1 Å². The van der Waals surface area contributed by atoms with E-state index in [1.54, 1.807) is 7.11 Å². The van der Waals surface area contributed by atoms with Crippen molar-refractivity contribution < 1.29 is 4.74 Å². The molecule has 0 amide bonds. The molecular weight excluding hydrogens is 222 g/mol. The van der Waals surface area contributed by atoms with Gasteiger partial charge in [0.25, 0.3) is 0 Å². The number of benzene rings is 1. The first-order chi connectivity index (χ1) is 8.47. The Balaban J connectivity index is 2.76. The number of ether oxygens (including phenoxy) is 1.